The minimum atomic E-state index is 0.633. The standard InChI is InChI=1S/C7H12N.C4H5N/c1-7(2)8-5-3-4-6-8;1-2-4-5-3-1/h3,5-7H,4H2,1-2H3;1-3H,4H2/q+1;. The molecule has 0 bridgehead atoms. The van der Waals surface area contributed by atoms with Crippen molar-refractivity contribution in [3.05, 3.63) is 24.4 Å². The van der Waals surface area contributed by atoms with Gasteiger partial charge < -0.3 is 0 Å². The van der Waals surface area contributed by atoms with Gasteiger partial charge in [-0.3, -0.25) is 4.99 Å². The first-order chi connectivity index (χ1) is 6.30. The van der Waals surface area contributed by atoms with E-state index in [9.17, 15) is 0 Å². The second-order valence-corrected chi connectivity index (χ2v) is 3.29. The van der Waals surface area contributed by atoms with Gasteiger partial charge in [0.2, 0.25) is 0 Å². The Morgan fingerprint density at radius 2 is 2.15 bits per heavy atom. The molecule has 0 aromatic heterocycles. The lowest BCUT2D eigenvalue weighted by molar-refractivity contribution is -0.484. The Kier molecular flexibility index (Phi) is 4.16. The average molecular weight is 177 g/mol. The van der Waals surface area contributed by atoms with Crippen LogP contribution in [0.3, 0.4) is 0 Å². The van der Waals surface area contributed by atoms with Gasteiger partial charge in [0, 0.05) is 12.6 Å². The Bertz CT molecular complexity index is 247. The Labute approximate surface area is 80.0 Å². The van der Waals surface area contributed by atoms with Crippen LogP contribution in [0, 0.1) is 0 Å². The maximum atomic E-state index is 3.85. The molecule has 0 aliphatic carbocycles. The van der Waals surface area contributed by atoms with Crippen molar-refractivity contribution in [2.24, 2.45) is 4.99 Å². The van der Waals surface area contributed by atoms with Crippen LogP contribution in [0.2, 0.25) is 0 Å². The van der Waals surface area contributed by atoms with E-state index in [-0.39, 0.29) is 0 Å². The second kappa shape index (κ2) is 5.46. The van der Waals surface area contributed by atoms with Crippen molar-refractivity contribution >= 4 is 12.4 Å². The zero-order valence-electron chi connectivity index (χ0n) is 8.35. The average Bonchev–Trinajstić information content (AvgIpc) is 2.82. The number of hydrogen-bond acceptors (Lipinski definition) is 1. The summed E-state index contributed by atoms with van der Waals surface area (Å²) in [4.78, 5) is 3.85. The molecule has 0 unspecified atom stereocenters. The van der Waals surface area contributed by atoms with E-state index in [0.717, 1.165) is 13.0 Å². The van der Waals surface area contributed by atoms with E-state index in [1.807, 2.05) is 12.2 Å². The van der Waals surface area contributed by atoms with Crippen LogP contribution in [0.15, 0.2) is 29.4 Å². The summed E-state index contributed by atoms with van der Waals surface area (Å²) in [5, 5.41) is 0. The molecule has 0 amide bonds. The molecule has 2 heteroatoms. The SMILES string of the molecule is C1=CCN=C1.CC(C)[N+]1=CCC=C1. The molecule has 2 rings (SSSR count). The third-order valence-corrected chi connectivity index (χ3v) is 1.86. The molecule has 0 aromatic carbocycles. The molecule has 0 radical (unpaired) electrons. The van der Waals surface area contributed by atoms with Crippen LogP contribution < -0.4 is 0 Å². The van der Waals surface area contributed by atoms with E-state index in [1.165, 1.54) is 0 Å². The highest BCUT2D eigenvalue weighted by atomic mass is 15.0. The van der Waals surface area contributed by atoms with Gasteiger partial charge >= 0.3 is 0 Å². The minimum absolute atomic E-state index is 0.633. The van der Waals surface area contributed by atoms with Crippen molar-refractivity contribution in [1.29, 1.82) is 0 Å². The van der Waals surface area contributed by atoms with Gasteiger partial charge in [-0.25, -0.2) is 4.58 Å². The molecule has 0 saturated heterocycles. The van der Waals surface area contributed by atoms with Gasteiger partial charge in [-0.15, -0.1) is 0 Å². The summed E-state index contributed by atoms with van der Waals surface area (Å²) < 4.78 is 2.22. The maximum absolute atomic E-state index is 3.85. The fraction of sp³-hybridized carbons (Fsp3) is 0.455. The molecular formula is C11H17N2+. The highest BCUT2D eigenvalue weighted by Gasteiger charge is 2.07. The summed E-state index contributed by atoms with van der Waals surface area (Å²) in [5.41, 5.74) is 0. The second-order valence-electron chi connectivity index (χ2n) is 3.29. The molecule has 0 saturated carbocycles. The quantitative estimate of drug-likeness (QED) is 0.545. The fourth-order valence-corrected chi connectivity index (χ4v) is 1.11. The van der Waals surface area contributed by atoms with E-state index in [2.05, 4.69) is 41.9 Å². The van der Waals surface area contributed by atoms with E-state index in [1.54, 1.807) is 6.21 Å². The highest BCUT2D eigenvalue weighted by molar-refractivity contribution is 5.73. The lowest BCUT2D eigenvalue weighted by Gasteiger charge is -1.94. The molecular weight excluding hydrogens is 160 g/mol. The van der Waals surface area contributed by atoms with E-state index in [4.69, 9.17) is 0 Å². The van der Waals surface area contributed by atoms with Gasteiger partial charge in [-0.1, -0.05) is 6.08 Å². The summed E-state index contributed by atoms with van der Waals surface area (Å²) >= 11 is 0. The molecule has 2 heterocycles. The topological polar surface area (TPSA) is 15.4 Å². The largest absolute Gasteiger partial charge is 0.289 e. The van der Waals surface area contributed by atoms with Crippen molar-refractivity contribution < 1.29 is 4.58 Å². The summed E-state index contributed by atoms with van der Waals surface area (Å²) in [6, 6.07) is 0.633. The van der Waals surface area contributed by atoms with E-state index < -0.39 is 0 Å². The maximum Gasteiger partial charge on any atom is 0.165 e. The molecule has 70 valence electrons. The molecule has 0 atom stereocenters. The van der Waals surface area contributed by atoms with Crippen LogP contribution in [0.5, 0.6) is 0 Å². The van der Waals surface area contributed by atoms with Gasteiger partial charge in [-0.2, -0.15) is 0 Å². The Balaban J connectivity index is 0.000000145. The monoisotopic (exact) mass is 177 g/mol. The van der Waals surface area contributed by atoms with Crippen LogP contribution in [0.25, 0.3) is 0 Å². The lowest BCUT2D eigenvalue weighted by Crippen LogP contribution is -2.12. The first-order valence-corrected chi connectivity index (χ1v) is 4.73. The fourth-order valence-electron chi connectivity index (χ4n) is 1.11. The zero-order valence-corrected chi connectivity index (χ0v) is 8.35. The lowest BCUT2D eigenvalue weighted by atomic mass is 10.4. The minimum Gasteiger partial charge on any atom is -0.289 e. The number of nitrogens with zero attached hydrogens (tertiary/aromatic N) is 2. The van der Waals surface area contributed by atoms with Crippen molar-refractivity contribution in [3.63, 3.8) is 0 Å². The van der Waals surface area contributed by atoms with Crippen LogP contribution in [0.4, 0.5) is 0 Å². The van der Waals surface area contributed by atoms with Gasteiger partial charge in [0.1, 0.15) is 6.21 Å². The molecule has 2 aliphatic rings. The van der Waals surface area contributed by atoms with E-state index >= 15 is 0 Å². The summed E-state index contributed by atoms with van der Waals surface area (Å²) in [5.74, 6) is 0. The van der Waals surface area contributed by atoms with Crippen LogP contribution >= 0.6 is 0 Å². The third-order valence-electron chi connectivity index (χ3n) is 1.86. The number of hydrogen-bond donors (Lipinski definition) is 0. The molecule has 13 heavy (non-hydrogen) atoms. The van der Waals surface area contributed by atoms with Crippen LogP contribution in [-0.2, 0) is 0 Å². The Morgan fingerprint density at radius 3 is 2.38 bits per heavy atom. The normalized spacial score (nSPS) is 17.6. The van der Waals surface area contributed by atoms with Crippen molar-refractivity contribution in [3.8, 4) is 0 Å². The van der Waals surface area contributed by atoms with Gasteiger partial charge in [0.05, 0.1) is 6.54 Å². The summed E-state index contributed by atoms with van der Waals surface area (Å²) in [7, 11) is 0. The van der Waals surface area contributed by atoms with Crippen molar-refractivity contribution in [2.45, 2.75) is 26.3 Å². The zero-order chi connectivity index (χ0) is 9.52. The molecule has 0 N–H and O–H groups in total. The van der Waals surface area contributed by atoms with Crippen LogP contribution in [-0.4, -0.2) is 29.6 Å². The van der Waals surface area contributed by atoms with Gasteiger partial charge in [0.15, 0.2) is 12.2 Å². The number of allylic oxidation sites excluding steroid dienone is 2. The first-order valence-electron chi connectivity index (χ1n) is 4.73. The van der Waals surface area contributed by atoms with Crippen molar-refractivity contribution in [1.82, 2.24) is 0 Å². The van der Waals surface area contributed by atoms with Gasteiger partial charge in [-0.05, 0) is 26.0 Å². The molecule has 0 spiro atoms. The molecule has 0 aromatic rings. The summed E-state index contributed by atoms with van der Waals surface area (Å²) in [6.45, 7) is 5.26. The summed E-state index contributed by atoms with van der Waals surface area (Å²) in [6.07, 6.45) is 13.4. The Morgan fingerprint density at radius 1 is 1.31 bits per heavy atom. The van der Waals surface area contributed by atoms with Crippen LogP contribution in [0.1, 0.15) is 20.3 Å². The van der Waals surface area contributed by atoms with Gasteiger partial charge in [0.25, 0.3) is 0 Å². The predicted molar refractivity (Wildman–Crippen MR) is 57.7 cm³/mol. The smallest absolute Gasteiger partial charge is 0.165 e. The molecule has 2 aliphatic heterocycles. The third kappa shape index (κ3) is 3.83. The van der Waals surface area contributed by atoms with E-state index in [0.29, 0.717) is 6.04 Å². The van der Waals surface area contributed by atoms with Crippen molar-refractivity contribution in [2.75, 3.05) is 6.54 Å². The predicted octanol–water partition coefficient (Wildman–Crippen LogP) is 2.02. The number of rotatable bonds is 1. The highest BCUT2D eigenvalue weighted by Crippen LogP contribution is 1.96. The molecule has 2 nitrogen and oxygen atoms in total. The Hall–Kier alpha value is -1.18. The first kappa shape index (κ1) is 9.90. The number of aliphatic imine (C=N–C) groups is 1. The molecule has 0 fully saturated rings.